The minimum atomic E-state index is 0.547. The third-order valence-electron chi connectivity index (χ3n) is 3.44. The van der Waals surface area contributed by atoms with Crippen LogP contribution in [-0.4, -0.2) is 31.1 Å². The van der Waals surface area contributed by atoms with Crippen molar-refractivity contribution in [1.82, 2.24) is 10.2 Å². The number of likely N-dealkylation sites (N-methyl/N-ethyl adjacent to an activating group) is 1. The molecule has 0 heterocycles. The van der Waals surface area contributed by atoms with Crippen molar-refractivity contribution < 1.29 is 0 Å². The van der Waals surface area contributed by atoms with Gasteiger partial charge < -0.3 is 5.32 Å². The van der Waals surface area contributed by atoms with Crippen molar-refractivity contribution >= 4 is 11.6 Å². The molecule has 0 bridgehead atoms. The molecule has 1 N–H and O–H groups in total. The smallest absolute Gasteiger partial charge is 0.0409 e. The molecule has 3 heteroatoms. The van der Waals surface area contributed by atoms with E-state index >= 15 is 0 Å². The van der Waals surface area contributed by atoms with Gasteiger partial charge in [-0.05, 0) is 43.6 Å². The number of hydrogen-bond donors (Lipinski definition) is 1. The van der Waals surface area contributed by atoms with E-state index in [1.807, 2.05) is 12.1 Å². The lowest BCUT2D eigenvalue weighted by molar-refractivity contribution is 0.180. The van der Waals surface area contributed by atoms with Crippen molar-refractivity contribution in [3.8, 4) is 0 Å². The summed E-state index contributed by atoms with van der Waals surface area (Å²) in [6.07, 6.45) is 1.18. The zero-order valence-electron chi connectivity index (χ0n) is 12.6. The van der Waals surface area contributed by atoms with Gasteiger partial charge >= 0.3 is 0 Å². The van der Waals surface area contributed by atoms with Gasteiger partial charge in [0, 0.05) is 24.2 Å². The second kappa shape index (κ2) is 8.57. The molecule has 0 saturated carbocycles. The van der Waals surface area contributed by atoms with Crippen LogP contribution < -0.4 is 5.32 Å². The topological polar surface area (TPSA) is 15.3 Å². The van der Waals surface area contributed by atoms with Crippen molar-refractivity contribution in [1.29, 1.82) is 0 Å². The molecular weight excluding hydrogens is 256 g/mol. The molecule has 0 aliphatic heterocycles. The molecule has 1 aromatic carbocycles. The number of halogens is 1. The molecule has 1 unspecified atom stereocenters. The first kappa shape index (κ1) is 16.5. The van der Waals surface area contributed by atoms with Crippen LogP contribution in [0.2, 0.25) is 5.02 Å². The Labute approximate surface area is 123 Å². The summed E-state index contributed by atoms with van der Waals surface area (Å²) >= 11 is 6.04. The second-order valence-electron chi connectivity index (χ2n) is 5.56. The van der Waals surface area contributed by atoms with Crippen LogP contribution in [0.3, 0.4) is 0 Å². The zero-order chi connectivity index (χ0) is 14.3. The van der Waals surface area contributed by atoms with Gasteiger partial charge in [-0.2, -0.15) is 0 Å². The monoisotopic (exact) mass is 282 g/mol. The molecule has 0 aromatic heterocycles. The highest BCUT2D eigenvalue weighted by Crippen LogP contribution is 2.15. The van der Waals surface area contributed by atoms with Crippen molar-refractivity contribution in [3.05, 3.63) is 34.9 Å². The maximum atomic E-state index is 6.04. The summed E-state index contributed by atoms with van der Waals surface area (Å²) in [7, 11) is 2.19. The van der Waals surface area contributed by atoms with Gasteiger partial charge in [-0.15, -0.1) is 0 Å². The third kappa shape index (κ3) is 5.94. The number of nitrogens with one attached hydrogen (secondary N) is 1. The fourth-order valence-corrected chi connectivity index (χ4v) is 2.58. The van der Waals surface area contributed by atoms with E-state index in [9.17, 15) is 0 Å². The summed E-state index contributed by atoms with van der Waals surface area (Å²) in [6, 6.07) is 8.68. The lowest BCUT2D eigenvalue weighted by Crippen LogP contribution is -2.43. The van der Waals surface area contributed by atoms with E-state index in [-0.39, 0.29) is 0 Å². The largest absolute Gasteiger partial charge is 0.315 e. The average molecular weight is 283 g/mol. The normalized spacial score (nSPS) is 13.2. The molecule has 19 heavy (non-hydrogen) atoms. The Bertz CT molecular complexity index is 366. The van der Waals surface area contributed by atoms with Crippen LogP contribution in [-0.2, 0) is 6.54 Å². The number of hydrogen-bond acceptors (Lipinski definition) is 2. The van der Waals surface area contributed by atoms with Gasteiger partial charge in [0.1, 0.15) is 0 Å². The Balaban J connectivity index is 2.58. The molecule has 1 rings (SSSR count). The summed E-state index contributed by atoms with van der Waals surface area (Å²) in [5.74, 6) is 0.633. The predicted octanol–water partition coefficient (Wildman–Crippen LogP) is 3.80. The summed E-state index contributed by atoms with van der Waals surface area (Å²) in [6.45, 7) is 9.85. The van der Waals surface area contributed by atoms with Crippen LogP contribution in [0.15, 0.2) is 24.3 Å². The lowest BCUT2D eigenvalue weighted by atomic mass is 10.0. The Hall–Kier alpha value is -0.570. The lowest BCUT2D eigenvalue weighted by Gasteiger charge is -2.31. The molecule has 1 aromatic rings. The highest BCUT2D eigenvalue weighted by Gasteiger charge is 2.18. The molecule has 1 atom stereocenters. The molecule has 0 aliphatic carbocycles. The highest BCUT2D eigenvalue weighted by molar-refractivity contribution is 6.30. The number of nitrogens with zero attached hydrogens (tertiary/aromatic N) is 1. The minimum absolute atomic E-state index is 0.547. The average Bonchev–Trinajstić information content (AvgIpc) is 2.34. The fraction of sp³-hybridized carbons (Fsp3) is 0.625. The van der Waals surface area contributed by atoms with Gasteiger partial charge in [0.05, 0.1) is 0 Å². The molecule has 2 nitrogen and oxygen atoms in total. The van der Waals surface area contributed by atoms with Crippen molar-refractivity contribution in [2.75, 3.05) is 20.1 Å². The second-order valence-corrected chi connectivity index (χ2v) is 6.00. The highest BCUT2D eigenvalue weighted by atomic mass is 35.5. The maximum absolute atomic E-state index is 6.04. The first-order valence-electron chi connectivity index (χ1n) is 7.20. The number of benzene rings is 1. The predicted molar refractivity (Wildman–Crippen MR) is 84.7 cm³/mol. The summed E-state index contributed by atoms with van der Waals surface area (Å²) in [5.41, 5.74) is 1.27. The molecule has 0 amide bonds. The van der Waals surface area contributed by atoms with E-state index in [1.165, 1.54) is 12.0 Å². The zero-order valence-corrected chi connectivity index (χ0v) is 13.4. The first-order chi connectivity index (χ1) is 9.04. The van der Waals surface area contributed by atoms with E-state index in [0.29, 0.717) is 12.0 Å². The molecular formula is C16H27ClN2. The summed E-state index contributed by atoms with van der Waals surface area (Å²) in [5, 5.41) is 4.34. The SMILES string of the molecule is CCCNCC(C(C)C)N(C)Cc1cccc(Cl)c1. The molecule has 0 spiro atoms. The molecule has 108 valence electrons. The van der Waals surface area contributed by atoms with E-state index < -0.39 is 0 Å². The van der Waals surface area contributed by atoms with Gasteiger partial charge in [-0.1, -0.05) is 44.5 Å². The Kier molecular flexibility index (Phi) is 7.44. The standard InChI is InChI=1S/C16H27ClN2/c1-5-9-18-11-16(13(2)3)19(4)12-14-7-6-8-15(17)10-14/h6-8,10,13,16,18H,5,9,11-12H2,1-4H3. The van der Waals surface area contributed by atoms with Crippen molar-refractivity contribution in [2.45, 2.75) is 39.8 Å². The van der Waals surface area contributed by atoms with Crippen LogP contribution in [0.4, 0.5) is 0 Å². The summed E-state index contributed by atoms with van der Waals surface area (Å²) in [4.78, 5) is 2.42. The van der Waals surface area contributed by atoms with Gasteiger partial charge in [0.15, 0.2) is 0 Å². The molecule has 0 aliphatic rings. The van der Waals surface area contributed by atoms with Gasteiger partial charge in [0.2, 0.25) is 0 Å². The van der Waals surface area contributed by atoms with Crippen LogP contribution in [0, 0.1) is 5.92 Å². The molecule has 0 fully saturated rings. The first-order valence-corrected chi connectivity index (χ1v) is 7.57. The summed E-state index contributed by atoms with van der Waals surface area (Å²) < 4.78 is 0. The van der Waals surface area contributed by atoms with E-state index in [1.54, 1.807) is 0 Å². The fourth-order valence-electron chi connectivity index (χ4n) is 2.37. The maximum Gasteiger partial charge on any atom is 0.0409 e. The van der Waals surface area contributed by atoms with Gasteiger partial charge in [-0.25, -0.2) is 0 Å². The Morgan fingerprint density at radius 2 is 2.05 bits per heavy atom. The van der Waals surface area contributed by atoms with E-state index in [4.69, 9.17) is 11.6 Å². The Morgan fingerprint density at radius 3 is 2.63 bits per heavy atom. The van der Waals surface area contributed by atoms with Crippen LogP contribution in [0.1, 0.15) is 32.8 Å². The van der Waals surface area contributed by atoms with Crippen LogP contribution >= 0.6 is 11.6 Å². The quantitative estimate of drug-likeness (QED) is 0.730. The Morgan fingerprint density at radius 1 is 1.32 bits per heavy atom. The van der Waals surface area contributed by atoms with Crippen LogP contribution in [0.25, 0.3) is 0 Å². The van der Waals surface area contributed by atoms with Gasteiger partial charge in [0.25, 0.3) is 0 Å². The van der Waals surface area contributed by atoms with E-state index in [0.717, 1.165) is 24.7 Å². The molecule has 0 saturated heterocycles. The minimum Gasteiger partial charge on any atom is -0.315 e. The number of rotatable bonds is 8. The van der Waals surface area contributed by atoms with Gasteiger partial charge in [-0.3, -0.25) is 4.90 Å². The van der Waals surface area contributed by atoms with Crippen LogP contribution in [0.5, 0.6) is 0 Å². The third-order valence-corrected chi connectivity index (χ3v) is 3.67. The van der Waals surface area contributed by atoms with E-state index in [2.05, 4.69) is 50.2 Å². The van der Waals surface area contributed by atoms with Crippen molar-refractivity contribution in [2.24, 2.45) is 5.92 Å². The van der Waals surface area contributed by atoms with Crippen molar-refractivity contribution in [3.63, 3.8) is 0 Å². The molecule has 0 radical (unpaired) electrons.